The third kappa shape index (κ3) is 5.85. The van der Waals surface area contributed by atoms with Crippen LogP contribution in [0.2, 0.25) is 10.3 Å². The number of aliphatic hydroxyl groups is 1. The molecule has 3 heterocycles. The zero-order chi connectivity index (χ0) is 23.1. The molecule has 1 aliphatic heterocycles. The Hall–Kier alpha value is -2.49. The van der Waals surface area contributed by atoms with Gasteiger partial charge in [0.15, 0.2) is 0 Å². The second-order valence-electron chi connectivity index (χ2n) is 7.32. The summed E-state index contributed by atoms with van der Waals surface area (Å²) in [6.45, 7) is 3.54. The predicted molar refractivity (Wildman–Crippen MR) is 121 cm³/mol. The van der Waals surface area contributed by atoms with Crippen LogP contribution in [-0.2, 0) is 9.53 Å². The number of hydrogen-bond acceptors (Lipinski definition) is 8. The number of piperidine rings is 1. The zero-order valence-corrected chi connectivity index (χ0v) is 19.2. The maximum atomic E-state index is 13.0. The van der Waals surface area contributed by atoms with Gasteiger partial charge in [0.05, 0.1) is 25.1 Å². The van der Waals surface area contributed by atoms with Crippen LogP contribution in [0, 0.1) is 5.92 Å². The highest BCUT2D eigenvalue weighted by atomic mass is 35.5. The van der Waals surface area contributed by atoms with Crippen LogP contribution in [0.5, 0.6) is 0 Å². The van der Waals surface area contributed by atoms with E-state index in [9.17, 15) is 14.7 Å². The normalized spacial score (nSPS) is 14.3. The maximum absolute atomic E-state index is 13.0. The molecular weight excluding hydrogens is 457 g/mol. The van der Waals surface area contributed by atoms with Crippen LogP contribution in [0.4, 0.5) is 11.5 Å². The summed E-state index contributed by atoms with van der Waals surface area (Å²) in [5, 5.41) is 9.34. The van der Waals surface area contributed by atoms with Crippen LogP contribution >= 0.6 is 23.2 Å². The Kier molecular flexibility index (Phi) is 8.60. The van der Waals surface area contributed by atoms with E-state index in [0.29, 0.717) is 24.6 Å². The second-order valence-corrected chi connectivity index (χ2v) is 8.04. The summed E-state index contributed by atoms with van der Waals surface area (Å²) in [6, 6.07) is 3.58. The largest absolute Gasteiger partial charge is 0.466 e. The number of aromatic nitrogens is 3. The van der Waals surface area contributed by atoms with Crippen molar-refractivity contribution in [3.8, 4) is 0 Å². The molecule has 32 heavy (non-hydrogen) atoms. The number of amides is 1. The summed E-state index contributed by atoms with van der Waals surface area (Å²) >= 11 is 12.1. The first kappa shape index (κ1) is 24.2. The molecule has 0 aromatic carbocycles. The van der Waals surface area contributed by atoms with E-state index in [1.807, 2.05) is 13.0 Å². The van der Waals surface area contributed by atoms with Gasteiger partial charge in [-0.2, -0.15) is 0 Å². The maximum Gasteiger partial charge on any atom is 0.306 e. The van der Waals surface area contributed by atoms with Gasteiger partial charge in [-0.1, -0.05) is 23.2 Å². The molecule has 0 aliphatic carbocycles. The van der Waals surface area contributed by atoms with Crippen LogP contribution in [-0.4, -0.2) is 64.8 Å². The Labute approximate surface area is 196 Å². The predicted octanol–water partition coefficient (Wildman–Crippen LogP) is 2.99. The van der Waals surface area contributed by atoms with E-state index in [-0.39, 0.29) is 35.0 Å². The van der Waals surface area contributed by atoms with Crippen molar-refractivity contribution < 1.29 is 19.4 Å². The molecule has 3 rings (SSSR count). The van der Waals surface area contributed by atoms with Gasteiger partial charge in [-0.15, -0.1) is 0 Å². The third-order valence-corrected chi connectivity index (χ3v) is 5.85. The molecule has 0 bridgehead atoms. The molecule has 0 unspecified atom stereocenters. The number of anilines is 2. The summed E-state index contributed by atoms with van der Waals surface area (Å²) in [6.07, 6.45) is 4.94. The minimum absolute atomic E-state index is 0.0284. The topological polar surface area (TPSA) is 109 Å². The average molecular weight is 482 g/mol. The number of aliphatic hydroxyl groups excluding tert-OH is 1. The SMILES string of the molecule is CCOC(=O)CC1CCN(c2ccc(N(CCO)C(=O)c3c(Cl)ncnc3Cl)cn2)CC1. The van der Waals surface area contributed by atoms with Gasteiger partial charge in [0.2, 0.25) is 0 Å². The fraction of sp³-hybridized carbons (Fsp3) is 0.476. The molecule has 1 aliphatic rings. The zero-order valence-electron chi connectivity index (χ0n) is 17.7. The van der Waals surface area contributed by atoms with Crippen molar-refractivity contribution in [2.24, 2.45) is 5.92 Å². The van der Waals surface area contributed by atoms with Gasteiger partial charge in [0, 0.05) is 26.1 Å². The Morgan fingerprint density at radius 1 is 1.19 bits per heavy atom. The van der Waals surface area contributed by atoms with Gasteiger partial charge in [-0.3, -0.25) is 9.59 Å². The summed E-state index contributed by atoms with van der Waals surface area (Å²) in [7, 11) is 0. The van der Waals surface area contributed by atoms with Gasteiger partial charge in [0.25, 0.3) is 5.91 Å². The lowest BCUT2D eigenvalue weighted by atomic mass is 9.93. The molecule has 11 heteroatoms. The van der Waals surface area contributed by atoms with Crippen molar-refractivity contribution in [2.75, 3.05) is 42.6 Å². The number of halogens is 2. The minimum Gasteiger partial charge on any atom is -0.466 e. The number of nitrogens with zero attached hydrogens (tertiary/aromatic N) is 5. The third-order valence-electron chi connectivity index (χ3n) is 5.28. The Morgan fingerprint density at radius 2 is 1.88 bits per heavy atom. The van der Waals surface area contributed by atoms with Crippen LogP contribution in [0.15, 0.2) is 24.7 Å². The van der Waals surface area contributed by atoms with Crippen LogP contribution in [0.25, 0.3) is 0 Å². The molecular formula is C21H25Cl2N5O4. The lowest BCUT2D eigenvalue weighted by Gasteiger charge is -2.32. The standard InChI is InChI=1S/C21H25Cl2N5O4/c1-2-32-17(30)11-14-5-7-27(8-6-14)16-4-3-15(12-24-16)28(9-10-29)21(31)18-19(22)25-13-26-20(18)23/h3-4,12-14,29H,2,5-11H2,1H3. The highest BCUT2D eigenvalue weighted by molar-refractivity contribution is 6.39. The fourth-order valence-electron chi connectivity index (χ4n) is 3.65. The van der Waals surface area contributed by atoms with E-state index in [1.165, 1.54) is 11.2 Å². The van der Waals surface area contributed by atoms with Gasteiger partial charge >= 0.3 is 5.97 Å². The van der Waals surface area contributed by atoms with Crippen LogP contribution in [0.1, 0.15) is 36.5 Å². The highest BCUT2D eigenvalue weighted by Crippen LogP contribution is 2.28. The first-order chi connectivity index (χ1) is 15.4. The first-order valence-corrected chi connectivity index (χ1v) is 11.2. The van der Waals surface area contributed by atoms with E-state index >= 15 is 0 Å². The number of rotatable bonds is 8. The molecule has 0 saturated carbocycles. The molecule has 0 radical (unpaired) electrons. The smallest absolute Gasteiger partial charge is 0.306 e. The van der Waals surface area contributed by atoms with Crippen molar-refractivity contribution in [3.63, 3.8) is 0 Å². The molecule has 1 amide bonds. The summed E-state index contributed by atoms with van der Waals surface area (Å²) in [5.74, 6) is 0.416. The molecule has 1 N–H and O–H groups in total. The van der Waals surface area contributed by atoms with E-state index in [0.717, 1.165) is 31.7 Å². The molecule has 172 valence electrons. The van der Waals surface area contributed by atoms with E-state index < -0.39 is 5.91 Å². The summed E-state index contributed by atoms with van der Waals surface area (Å²) < 4.78 is 5.04. The molecule has 2 aromatic heterocycles. The van der Waals surface area contributed by atoms with Crippen molar-refractivity contribution in [2.45, 2.75) is 26.2 Å². The van der Waals surface area contributed by atoms with Crippen molar-refractivity contribution in [1.82, 2.24) is 15.0 Å². The van der Waals surface area contributed by atoms with E-state index in [4.69, 9.17) is 27.9 Å². The fourth-order valence-corrected chi connectivity index (χ4v) is 4.13. The molecule has 0 atom stereocenters. The Bertz CT molecular complexity index is 916. The van der Waals surface area contributed by atoms with Crippen LogP contribution < -0.4 is 9.80 Å². The van der Waals surface area contributed by atoms with Crippen molar-refractivity contribution in [3.05, 3.63) is 40.5 Å². The number of carbonyl (C=O) groups excluding carboxylic acids is 2. The number of carbonyl (C=O) groups is 2. The van der Waals surface area contributed by atoms with Crippen molar-refractivity contribution in [1.29, 1.82) is 0 Å². The Balaban J connectivity index is 1.68. The quantitative estimate of drug-likeness (QED) is 0.452. The number of esters is 1. The van der Waals surface area contributed by atoms with Crippen molar-refractivity contribution >= 4 is 46.6 Å². The monoisotopic (exact) mass is 481 g/mol. The number of hydrogen-bond donors (Lipinski definition) is 1. The molecule has 2 aromatic rings. The highest BCUT2D eigenvalue weighted by Gasteiger charge is 2.26. The molecule has 1 fully saturated rings. The minimum atomic E-state index is -0.524. The number of ether oxygens (including phenoxy) is 1. The summed E-state index contributed by atoms with van der Waals surface area (Å²) in [4.78, 5) is 40.3. The van der Waals surface area contributed by atoms with Gasteiger partial charge in [0.1, 0.15) is 28.0 Å². The lowest BCUT2D eigenvalue weighted by Crippen LogP contribution is -2.36. The lowest BCUT2D eigenvalue weighted by molar-refractivity contribution is -0.144. The van der Waals surface area contributed by atoms with Gasteiger partial charge in [-0.05, 0) is 37.8 Å². The second kappa shape index (κ2) is 11.4. The molecule has 9 nitrogen and oxygen atoms in total. The van der Waals surface area contributed by atoms with E-state index in [2.05, 4.69) is 19.9 Å². The summed E-state index contributed by atoms with van der Waals surface area (Å²) in [5.41, 5.74) is 0.456. The molecule has 0 spiro atoms. The Morgan fingerprint density at radius 3 is 2.44 bits per heavy atom. The average Bonchev–Trinajstić information content (AvgIpc) is 2.78. The first-order valence-electron chi connectivity index (χ1n) is 10.4. The molecule has 1 saturated heterocycles. The van der Waals surface area contributed by atoms with Gasteiger partial charge < -0.3 is 19.6 Å². The number of pyridine rings is 1. The van der Waals surface area contributed by atoms with Gasteiger partial charge in [-0.25, -0.2) is 15.0 Å². The van der Waals surface area contributed by atoms with E-state index in [1.54, 1.807) is 12.3 Å². The van der Waals surface area contributed by atoms with Crippen LogP contribution in [0.3, 0.4) is 0 Å².